The molecule has 1 aromatic heterocycles. The third-order valence-corrected chi connectivity index (χ3v) is 2.58. The van der Waals surface area contributed by atoms with Gasteiger partial charge in [0, 0.05) is 6.54 Å². The van der Waals surface area contributed by atoms with Gasteiger partial charge in [0.1, 0.15) is 11.6 Å². The SMILES string of the molecule is Cc1nc(C)n(CCC2CNC2)n1. The van der Waals surface area contributed by atoms with Gasteiger partial charge in [0.2, 0.25) is 0 Å². The van der Waals surface area contributed by atoms with Crippen molar-refractivity contribution in [2.24, 2.45) is 5.92 Å². The van der Waals surface area contributed by atoms with Crippen molar-refractivity contribution in [1.82, 2.24) is 20.1 Å². The maximum Gasteiger partial charge on any atom is 0.147 e. The standard InChI is InChI=1S/C9H16N4/c1-7-11-8(2)13(12-7)4-3-9-5-10-6-9/h9-10H,3-6H2,1-2H3. The molecule has 0 aromatic carbocycles. The Morgan fingerprint density at radius 2 is 2.23 bits per heavy atom. The zero-order valence-corrected chi connectivity index (χ0v) is 8.25. The Kier molecular flexibility index (Phi) is 2.31. The van der Waals surface area contributed by atoms with Crippen LogP contribution in [0.5, 0.6) is 0 Å². The summed E-state index contributed by atoms with van der Waals surface area (Å²) in [6.07, 6.45) is 1.22. The van der Waals surface area contributed by atoms with Crippen LogP contribution in [-0.4, -0.2) is 27.9 Å². The van der Waals surface area contributed by atoms with E-state index in [9.17, 15) is 0 Å². The van der Waals surface area contributed by atoms with Crippen molar-refractivity contribution in [3.63, 3.8) is 0 Å². The molecule has 2 rings (SSSR count). The van der Waals surface area contributed by atoms with Crippen LogP contribution in [0.4, 0.5) is 0 Å². The van der Waals surface area contributed by atoms with Gasteiger partial charge in [-0.25, -0.2) is 4.98 Å². The highest BCUT2D eigenvalue weighted by molar-refractivity contribution is 4.87. The number of rotatable bonds is 3. The lowest BCUT2D eigenvalue weighted by atomic mass is 10.00. The maximum atomic E-state index is 4.33. The van der Waals surface area contributed by atoms with E-state index >= 15 is 0 Å². The van der Waals surface area contributed by atoms with Crippen molar-refractivity contribution in [1.29, 1.82) is 0 Å². The van der Waals surface area contributed by atoms with Crippen LogP contribution in [0, 0.1) is 19.8 Å². The molecule has 72 valence electrons. The molecule has 0 atom stereocenters. The molecular formula is C9H16N4. The second-order valence-corrected chi connectivity index (χ2v) is 3.74. The molecule has 1 aromatic rings. The number of nitrogens with zero attached hydrogens (tertiary/aromatic N) is 3. The van der Waals surface area contributed by atoms with E-state index in [4.69, 9.17) is 0 Å². The Morgan fingerprint density at radius 3 is 2.69 bits per heavy atom. The molecule has 0 spiro atoms. The van der Waals surface area contributed by atoms with Gasteiger partial charge in [-0.3, -0.25) is 4.68 Å². The number of hydrogen-bond acceptors (Lipinski definition) is 3. The monoisotopic (exact) mass is 180 g/mol. The molecule has 1 aliphatic heterocycles. The Morgan fingerprint density at radius 1 is 1.46 bits per heavy atom. The molecule has 2 heterocycles. The summed E-state index contributed by atoms with van der Waals surface area (Å²) in [7, 11) is 0. The molecule has 0 saturated carbocycles. The van der Waals surface area contributed by atoms with Crippen LogP contribution in [0.25, 0.3) is 0 Å². The molecule has 0 radical (unpaired) electrons. The first kappa shape index (κ1) is 8.69. The van der Waals surface area contributed by atoms with E-state index in [-0.39, 0.29) is 0 Å². The van der Waals surface area contributed by atoms with E-state index < -0.39 is 0 Å². The first-order chi connectivity index (χ1) is 6.25. The first-order valence-electron chi connectivity index (χ1n) is 4.84. The van der Waals surface area contributed by atoms with Gasteiger partial charge in [-0.15, -0.1) is 0 Å². The third kappa shape index (κ3) is 1.88. The largest absolute Gasteiger partial charge is 0.316 e. The van der Waals surface area contributed by atoms with Crippen LogP contribution in [0.15, 0.2) is 0 Å². The molecular weight excluding hydrogens is 164 g/mol. The van der Waals surface area contributed by atoms with Crippen molar-refractivity contribution in [2.45, 2.75) is 26.8 Å². The smallest absolute Gasteiger partial charge is 0.147 e. The molecule has 0 unspecified atom stereocenters. The minimum absolute atomic E-state index is 0.851. The van der Waals surface area contributed by atoms with Crippen molar-refractivity contribution < 1.29 is 0 Å². The van der Waals surface area contributed by atoms with E-state index in [1.54, 1.807) is 0 Å². The molecule has 0 aliphatic carbocycles. The van der Waals surface area contributed by atoms with Gasteiger partial charge in [0.15, 0.2) is 0 Å². The summed E-state index contributed by atoms with van der Waals surface area (Å²) in [6.45, 7) is 7.31. The van der Waals surface area contributed by atoms with Gasteiger partial charge < -0.3 is 5.32 Å². The summed E-state index contributed by atoms with van der Waals surface area (Å²) >= 11 is 0. The Balaban J connectivity index is 1.89. The highest BCUT2D eigenvalue weighted by Gasteiger charge is 2.16. The Hall–Kier alpha value is -0.900. The normalized spacial score (nSPS) is 17.4. The van der Waals surface area contributed by atoms with Gasteiger partial charge >= 0.3 is 0 Å². The fraction of sp³-hybridized carbons (Fsp3) is 0.778. The van der Waals surface area contributed by atoms with Crippen molar-refractivity contribution in [3.05, 3.63) is 11.6 Å². The molecule has 1 N–H and O–H groups in total. The minimum Gasteiger partial charge on any atom is -0.316 e. The fourth-order valence-electron chi connectivity index (χ4n) is 1.63. The van der Waals surface area contributed by atoms with E-state index in [1.165, 1.54) is 19.5 Å². The summed E-state index contributed by atoms with van der Waals surface area (Å²) in [5.41, 5.74) is 0. The predicted molar refractivity (Wildman–Crippen MR) is 50.5 cm³/mol. The second kappa shape index (κ2) is 3.46. The van der Waals surface area contributed by atoms with E-state index in [2.05, 4.69) is 15.4 Å². The van der Waals surface area contributed by atoms with Gasteiger partial charge in [-0.2, -0.15) is 5.10 Å². The van der Waals surface area contributed by atoms with Gasteiger partial charge in [-0.1, -0.05) is 0 Å². The predicted octanol–water partition coefficient (Wildman–Crippen LogP) is 0.504. The van der Waals surface area contributed by atoms with Crippen molar-refractivity contribution in [3.8, 4) is 0 Å². The Bertz CT molecular complexity index is 288. The first-order valence-corrected chi connectivity index (χ1v) is 4.84. The summed E-state index contributed by atoms with van der Waals surface area (Å²) in [5.74, 6) is 2.76. The van der Waals surface area contributed by atoms with E-state index in [0.717, 1.165) is 24.1 Å². The quantitative estimate of drug-likeness (QED) is 0.736. The number of aryl methyl sites for hydroxylation is 3. The van der Waals surface area contributed by atoms with Crippen molar-refractivity contribution >= 4 is 0 Å². The average Bonchev–Trinajstić information content (AvgIpc) is 2.27. The second-order valence-electron chi connectivity index (χ2n) is 3.74. The topological polar surface area (TPSA) is 42.7 Å². The summed E-state index contributed by atoms with van der Waals surface area (Å²) in [6, 6.07) is 0. The molecule has 4 heteroatoms. The molecule has 1 aliphatic rings. The van der Waals surface area contributed by atoms with E-state index in [1.807, 2.05) is 18.5 Å². The van der Waals surface area contributed by atoms with Crippen molar-refractivity contribution in [2.75, 3.05) is 13.1 Å². The molecule has 1 saturated heterocycles. The van der Waals surface area contributed by atoms with Crippen LogP contribution in [0.3, 0.4) is 0 Å². The number of aromatic nitrogens is 3. The zero-order valence-electron chi connectivity index (χ0n) is 8.25. The Labute approximate surface area is 78.4 Å². The zero-order chi connectivity index (χ0) is 9.26. The molecule has 0 bridgehead atoms. The molecule has 4 nitrogen and oxygen atoms in total. The van der Waals surface area contributed by atoms with Crippen LogP contribution >= 0.6 is 0 Å². The van der Waals surface area contributed by atoms with Gasteiger partial charge in [0.05, 0.1) is 0 Å². The summed E-state index contributed by atoms with van der Waals surface area (Å²) < 4.78 is 2.01. The van der Waals surface area contributed by atoms with Gasteiger partial charge in [-0.05, 0) is 39.3 Å². The lowest BCUT2D eigenvalue weighted by Gasteiger charge is -2.26. The summed E-state index contributed by atoms with van der Waals surface area (Å²) in [5, 5.41) is 7.60. The lowest BCUT2D eigenvalue weighted by molar-refractivity contribution is 0.305. The van der Waals surface area contributed by atoms with Crippen LogP contribution in [0.2, 0.25) is 0 Å². The highest BCUT2D eigenvalue weighted by Crippen LogP contribution is 2.10. The number of nitrogens with one attached hydrogen (secondary N) is 1. The number of hydrogen-bond donors (Lipinski definition) is 1. The molecule has 13 heavy (non-hydrogen) atoms. The molecule has 0 amide bonds. The summed E-state index contributed by atoms with van der Waals surface area (Å²) in [4.78, 5) is 4.27. The lowest BCUT2D eigenvalue weighted by Crippen LogP contribution is -2.42. The van der Waals surface area contributed by atoms with E-state index in [0.29, 0.717) is 0 Å². The van der Waals surface area contributed by atoms with Crippen LogP contribution < -0.4 is 5.32 Å². The maximum absolute atomic E-state index is 4.33. The van der Waals surface area contributed by atoms with Crippen LogP contribution in [0.1, 0.15) is 18.1 Å². The third-order valence-electron chi connectivity index (χ3n) is 2.58. The average molecular weight is 180 g/mol. The highest BCUT2D eigenvalue weighted by atomic mass is 15.3. The van der Waals surface area contributed by atoms with Crippen LogP contribution in [-0.2, 0) is 6.54 Å². The fourth-order valence-corrected chi connectivity index (χ4v) is 1.63. The minimum atomic E-state index is 0.851. The molecule has 1 fully saturated rings. The van der Waals surface area contributed by atoms with Gasteiger partial charge in [0.25, 0.3) is 0 Å².